The Bertz CT molecular complexity index is 592. The van der Waals surface area contributed by atoms with Crippen LogP contribution in [0, 0.1) is 26.7 Å². The molecule has 110 valence electrons. The first-order valence-corrected chi connectivity index (χ1v) is 7.16. The van der Waals surface area contributed by atoms with Gasteiger partial charge in [-0.15, -0.1) is 0 Å². The first kappa shape index (κ1) is 14.8. The summed E-state index contributed by atoms with van der Waals surface area (Å²) in [6, 6.07) is 0. The molecule has 5 nitrogen and oxygen atoms in total. The number of aromatic nitrogens is 4. The van der Waals surface area contributed by atoms with E-state index in [4.69, 9.17) is 0 Å². The van der Waals surface area contributed by atoms with Crippen LogP contribution in [0.5, 0.6) is 0 Å². The van der Waals surface area contributed by atoms with E-state index in [2.05, 4.69) is 47.7 Å². The SMILES string of the molecule is Cc1nn(C)c(-n2cnc(C)c2C)c1CNCC(C)C. The van der Waals surface area contributed by atoms with Crippen molar-refractivity contribution in [3.8, 4) is 5.82 Å². The van der Waals surface area contributed by atoms with Gasteiger partial charge in [-0.1, -0.05) is 13.8 Å². The van der Waals surface area contributed by atoms with Crippen LogP contribution in [0.1, 0.15) is 36.5 Å². The highest BCUT2D eigenvalue weighted by atomic mass is 15.3. The van der Waals surface area contributed by atoms with Crippen molar-refractivity contribution in [3.05, 3.63) is 29.0 Å². The molecule has 1 N–H and O–H groups in total. The van der Waals surface area contributed by atoms with Crippen LogP contribution >= 0.6 is 0 Å². The van der Waals surface area contributed by atoms with Gasteiger partial charge in [0.1, 0.15) is 12.1 Å². The van der Waals surface area contributed by atoms with Crippen LogP contribution < -0.4 is 5.32 Å². The van der Waals surface area contributed by atoms with E-state index >= 15 is 0 Å². The Labute approximate surface area is 121 Å². The van der Waals surface area contributed by atoms with Gasteiger partial charge in [-0.05, 0) is 33.2 Å². The lowest BCUT2D eigenvalue weighted by molar-refractivity contribution is 0.550. The first-order chi connectivity index (χ1) is 9.41. The Morgan fingerprint density at radius 1 is 1.20 bits per heavy atom. The van der Waals surface area contributed by atoms with Gasteiger partial charge < -0.3 is 5.32 Å². The van der Waals surface area contributed by atoms with Gasteiger partial charge in [0.05, 0.1) is 11.4 Å². The van der Waals surface area contributed by atoms with Crippen molar-refractivity contribution in [1.29, 1.82) is 0 Å². The third-order valence-electron chi connectivity index (χ3n) is 3.65. The lowest BCUT2D eigenvalue weighted by atomic mass is 10.2. The van der Waals surface area contributed by atoms with Gasteiger partial charge >= 0.3 is 0 Å². The number of hydrogen-bond acceptors (Lipinski definition) is 3. The standard InChI is InChI=1S/C15H25N5/c1-10(2)7-16-8-14-12(4)18-19(6)15(14)20-9-17-11(3)13(20)5/h9-10,16H,7-8H2,1-6H3. The van der Waals surface area contributed by atoms with Gasteiger partial charge in [0.25, 0.3) is 0 Å². The molecular formula is C15H25N5. The smallest absolute Gasteiger partial charge is 0.140 e. The number of hydrogen-bond donors (Lipinski definition) is 1. The summed E-state index contributed by atoms with van der Waals surface area (Å²) in [5, 5.41) is 8.07. The van der Waals surface area contributed by atoms with Crippen LogP contribution in [0.15, 0.2) is 6.33 Å². The van der Waals surface area contributed by atoms with E-state index in [0.717, 1.165) is 36.0 Å². The predicted molar refractivity (Wildman–Crippen MR) is 81.1 cm³/mol. The van der Waals surface area contributed by atoms with Gasteiger partial charge in [-0.2, -0.15) is 5.10 Å². The average molecular weight is 275 g/mol. The zero-order chi connectivity index (χ0) is 14.9. The topological polar surface area (TPSA) is 47.7 Å². The second-order valence-corrected chi connectivity index (χ2v) is 5.82. The molecule has 5 heteroatoms. The molecule has 0 radical (unpaired) electrons. The zero-order valence-corrected chi connectivity index (χ0v) is 13.4. The van der Waals surface area contributed by atoms with Gasteiger partial charge in [0.15, 0.2) is 0 Å². The highest BCUT2D eigenvalue weighted by molar-refractivity contribution is 5.40. The summed E-state index contributed by atoms with van der Waals surface area (Å²) in [7, 11) is 1.99. The predicted octanol–water partition coefficient (Wildman–Crippen LogP) is 2.28. The second-order valence-electron chi connectivity index (χ2n) is 5.82. The molecule has 0 aliphatic rings. The third-order valence-corrected chi connectivity index (χ3v) is 3.65. The van der Waals surface area contributed by atoms with Crippen molar-refractivity contribution in [2.75, 3.05) is 6.54 Å². The largest absolute Gasteiger partial charge is 0.312 e. The normalized spacial score (nSPS) is 11.6. The summed E-state index contributed by atoms with van der Waals surface area (Å²) in [6.45, 7) is 12.5. The van der Waals surface area contributed by atoms with E-state index in [0.29, 0.717) is 5.92 Å². The quantitative estimate of drug-likeness (QED) is 0.910. The summed E-state index contributed by atoms with van der Waals surface area (Å²) in [6.07, 6.45) is 1.88. The summed E-state index contributed by atoms with van der Waals surface area (Å²) in [5.74, 6) is 1.75. The highest BCUT2D eigenvalue weighted by Crippen LogP contribution is 2.20. The number of imidazole rings is 1. The van der Waals surface area contributed by atoms with E-state index in [1.807, 2.05) is 25.0 Å². The van der Waals surface area contributed by atoms with Gasteiger partial charge in [-0.3, -0.25) is 9.25 Å². The summed E-state index contributed by atoms with van der Waals surface area (Å²) >= 11 is 0. The number of aryl methyl sites for hydroxylation is 3. The molecule has 0 saturated carbocycles. The maximum atomic E-state index is 4.56. The maximum absolute atomic E-state index is 4.56. The van der Waals surface area contributed by atoms with Crippen molar-refractivity contribution >= 4 is 0 Å². The molecule has 0 amide bonds. The summed E-state index contributed by atoms with van der Waals surface area (Å²) in [4.78, 5) is 4.39. The Hall–Kier alpha value is -1.62. The molecule has 0 fully saturated rings. The lowest BCUT2D eigenvalue weighted by Gasteiger charge is -2.11. The minimum atomic E-state index is 0.646. The van der Waals surface area contributed by atoms with Crippen LogP contribution in [0.3, 0.4) is 0 Å². The molecule has 0 atom stereocenters. The molecule has 2 aromatic rings. The molecule has 0 spiro atoms. The van der Waals surface area contributed by atoms with Crippen LogP contribution in [0.2, 0.25) is 0 Å². The van der Waals surface area contributed by atoms with E-state index in [9.17, 15) is 0 Å². The van der Waals surface area contributed by atoms with E-state index in [1.165, 1.54) is 5.56 Å². The summed E-state index contributed by atoms with van der Waals surface area (Å²) in [5.41, 5.74) is 4.54. The van der Waals surface area contributed by atoms with Crippen molar-refractivity contribution in [1.82, 2.24) is 24.6 Å². The third kappa shape index (κ3) is 2.77. The number of nitrogens with zero attached hydrogens (tertiary/aromatic N) is 4. The molecule has 0 aliphatic carbocycles. The molecular weight excluding hydrogens is 250 g/mol. The van der Waals surface area contributed by atoms with Crippen molar-refractivity contribution in [2.45, 2.75) is 41.2 Å². The van der Waals surface area contributed by atoms with Crippen molar-refractivity contribution < 1.29 is 0 Å². The average Bonchev–Trinajstić information content (AvgIpc) is 2.82. The van der Waals surface area contributed by atoms with Crippen molar-refractivity contribution in [3.63, 3.8) is 0 Å². The van der Waals surface area contributed by atoms with Gasteiger partial charge in [0.2, 0.25) is 0 Å². The first-order valence-electron chi connectivity index (χ1n) is 7.16. The Balaban J connectivity index is 2.35. The molecule has 0 bridgehead atoms. The Morgan fingerprint density at radius 2 is 1.90 bits per heavy atom. The van der Waals surface area contributed by atoms with Crippen LogP contribution in [-0.4, -0.2) is 25.9 Å². The van der Waals surface area contributed by atoms with Crippen LogP contribution in [-0.2, 0) is 13.6 Å². The maximum Gasteiger partial charge on any atom is 0.140 e. The fourth-order valence-corrected chi connectivity index (χ4v) is 2.40. The van der Waals surface area contributed by atoms with Crippen LogP contribution in [0.4, 0.5) is 0 Å². The molecule has 0 aromatic carbocycles. The van der Waals surface area contributed by atoms with Gasteiger partial charge in [0, 0.05) is 24.8 Å². The van der Waals surface area contributed by atoms with E-state index in [-0.39, 0.29) is 0 Å². The molecule has 0 saturated heterocycles. The minimum absolute atomic E-state index is 0.646. The van der Waals surface area contributed by atoms with E-state index < -0.39 is 0 Å². The molecule has 20 heavy (non-hydrogen) atoms. The van der Waals surface area contributed by atoms with E-state index in [1.54, 1.807) is 0 Å². The second kappa shape index (κ2) is 5.79. The molecule has 2 heterocycles. The Kier molecular flexibility index (Phi) is 4.28. The van der Waals surface area contributed by atoms with Crippen molar-refractivity contribution in [2.24, 2.45) is 13.0 Å². The monoisotopic (exact) mass is 275 g/mol. The minimum Gasteiger partial charge on any atom is -0.312 e. The highest BCUT2D eigenvalue weighted by Gasteiger charge is 2.17. The molecule has 2 aromatic heterocycles. The zero-order valence-electron chi connectivity index (χ0n) is 13.4. The Morgan fingerprint density at radius 3 is 2.45 bits per heavy atom. The fourth-order valence-electron chi connectivity index (χ4n) is 2.40. The number of rotatable bonds is 5. The fraction of sp³-hybridized carbons (Fsp3) is 0.600. The molecule has 0 unspecified atom stereocenters. The molecule has 2 rings (SSSR count). The molecule has 0 aliphatic heterocycles. The lowest BCUT2D eigenvalue weighted by Crippen LogP contribution is -2.20. The van der Waals surface area contributed by atoms with Crippen LogP contribution in [0.25, 0.3) is 5.82 Å². The summed E-state index contributed by atoms with van der Waals surface area (Å²) < 4.78 is 4.07. The van der Waals surface area contributed by atoms with Gasteiger partial charge in [-0.25, -0.2) is 4.98 Å². The number of nitrogens with one attached hydrogen (secondary N) is 1.